The fourth-order valence-corrected chi connectivity index (χ4v) is 5.86. The number of nitro groups is 1. The maximum atomic E-state index is 13.9. The first-order chi connectivity index (χ1) is 20.7. The van der Waals surface area contributed by atoms with Gasteiger partial charge in [-0.3, -0.25) is 19.5 Å². The SMILES string of the molecule is CCOC(=O)C1=C(C)N=c2s/c(=C\c3ccc(-c4ccc(OC)cc4[N+](=O)[O-])o3)c(=O)n2[C@H]1c1ccc(OC)cc1OC. The molecule has 0 amide bonds. The van der Waals surface area contributed by atoms with Crippen LogP contribution in [0.25, 0.3) is 17.4 Å². The van der Waals surface area contributed by atoms with Gasteiger partial charge in [-0.15, -0.1) is 0 Å². The predicted molar refractivity (Wildman–Crippen MR) is 157 cm³/mol. The van der Waals surface area contributed by atoms with Gasteiger partial charge in [-0.1, -0.05) is 11.3 Å². The van der Waals surface area contributed by atoms with Crippen molar-refractivity contribution in [2.24, 2.45) is 4.99 Å². The molecule has 222 valence electrons. The Morgan fingerprint density at radius 1 is 1.09 bits per heavy atom. The first-order valence-electron chi connectivity index (χ1n) is 13.0. The van der Waals surface area contributed by atoms with E-state index >= 15 is 0 Å². The van der Waals surface area contributed by atoms with Crippen molar-refractivity contribution in [1.82, 2.24) is 4.57 Å². The molecule has 0 aliphatic carbocycles. The van der Waals surface area contributed by atoms with Crippen molar-refractivity contribution in [1.29, 1.82) is 0 Å². The minimum Gasteiger partial charge on any atom is -0.497 e. The minimum atomic E-state index is -0.896. The molecule has 43 heavy (non-hydrogen) atoms. The maximum absolute atomic E-state index is 13.9. The van der Waals surface area contributed by atoms with Crippen LogP contribution in [0.15, 0.2) is 74.0 Å². The molecular weight excluding hydrogens is 578 g/mol. The first kappa shape index (κ1) is 29.3. The Hall–Kier alpha value is -5.17. The number of fused-ring (bicyclic) bond motifs is 1. The first-order valence-corrected chi connectivity index (χ1v) is 13.9. The van der Waals surface area contributed by atoms with Crippen LogP contribution in [0, 0.1) is 10.1 Å². The summed E-state index contributed by atoms with van der Waals surface area (Å²) < 4.78 is 29.1. The molecule has 0 radical (unpaired) electrons. The summed E-state index contributed by atoms with van der Waals surface area (Å²) in [6.07, 6.45) is 1.54. The fraction of sp³-hybridized carbons (Fsp3) is 0.233. The molecular formula is C30H27N3O9S. The molecule has 5 rings (SSSR count). The van der Waals surface area contributed by atoms with E-state index < -0.39 is 22.5 Å². The molecule has 0 N–H and O–H groups in total. The smallest absolute Gasteiger partial charge is 0.338 e. The van der Waals surface area contributed by atoms with Gasteiger partial charge in [0, 0.05) is 17.7 Å². The molecule has 4 aromatic rings. The number of hydrogen-bond donors (Lipinski definition) is 0. The van der Waals surface area contributed by atoms with Crippen molar-refractivity contribution in [3.63, 3.8) is 0 Å². The molecule has 0 saturated carbocycles. The Balaban J connectivity index is 1.66. The molecule has 1 aliphatic heterocycles. The number of furan rings is 1. The van der Waals surface area contributed by atoms with Gasteiger partial charge in [0.05, 0.1) is 60.3 Å². The molecule has 2 aromatic heterocycles. The highest BCUT2D eigenvalue weighted by Gasteiger charge is 2.35. The molecule has 2 aromatic carbocycles. The number of nitro benzene ring substituents is 1. The summed E-state index contributed by atoms with van der Waals surface area (Å²) >= 11 is 1.12. The lowest BCUT2D eigenvalue weighted by molar-refractivity contribution is -0.384. The quantitative estimate of drug-likeness (QED) is 0.157. The summed E-state index contributed by atoms with van der Waals surface area (Å²) in [5.74, 6) is 1.23. The zero-order valence-electron chi connectivity index (χ0n) is 23.9. The summed E-state index contributed by atoms with van der Waals surface area (Å²) in [4.78, 5) is 43.2. The summed E-state index contributed by atoms with van der Waals surface area (Å²) in [6, 6.07) is 11.9. The van der Waals surface area contributed by atoms with Gasteiger partial charge in [-0.05, 0) is 50.2 Å². The lowest BCUT2D eigenvalue weighted by atomic mass is 9.95. The number of carbonyl (C=O) groups excluding carboxylic acids is 1. The van der Waals surface area contributed by atoms with Crippen molar-refractivity contribution in [3.8, 4) is 28.6 Å². The van der Waals surface area contributed by atoms with Gasteiger partial charge in [0.15, 0.2) is 4.80 Å². The number of allylic oxidation sites excluding steroid dienone is 1. The summed E-state index contributed by atoms with van der Waals surface area (Å²) in [6.45, 7) is 3.52. The van der Waals surface area contributed by atoms with Crippen LogP contribution < -0.4 is 29.1 Å². The van der Waals surface area contributed by atoms with E-state index in [2.05, 4.69) is 4.99 Å². The normalized spacial score (nSPS) is 14.6. The molecule has 12 nitrogen and oxygen atoms in total. The topological polar surface area (TPSA) is 145 Å². The maximum Gasteiger partial charge on any atom is 0.338 e. The molecule has 0 fully saturated rings. The zero-order valence-corrected chi connectivity index (χ0v) is 24.7. The Bertz CT molecular complexity index is 1950. The van der Waals surface area contributed by atoms with Crippen LogP contribution in [0.5, 0.6) is 17.2 Å². The number of nitrogens with zero attached hydrogens (tertiary/aromatic N) is 3. The van der Waals surface area contributed by atoms with Crippen molar-refractivity contribution in [2.45, 2.75) is 19.9 Å². The molecule has 0 saturated heterocycles. The van der Waals surface area contributed by atoms with E-state index in [4.69, 9.17) is 23.4 Å². The van der Waals surface area contributed by atoms with Crippen LogP contribution in [0.4, 0.5) is 5.69 Å². The van der Waals surface area contributed by atoms with E-state index in [-0.39, 0.29) is 33.7 Å². The summed E-state index contributed by atoms with van der Waals surface area (Å²) in [5.41, 5.74) is 0.801. The highest BCUT2D eigenvalue weighted by atomic mass is 32.1. The lowest BCUT2D eigenvalue weighted by Gasteiger charge is -2.26. The molecule has 0 unspecified atom stereocenters. The highest BCUT2D eigenvalue weighted by molar-refractivity contribution is 7.07. The molecule has 13 heteroatoms. The number of esters is 1. The fourth-order valence-electron chi connectivity index (χ4n) is 4.83. The number of methoxy groups -OCH3 is 3. The Morgan fingerprint density at radius 3 is 2.49 bits per heavy atom. The van der Waals surface area contributed by atoms with E-state index in [0.717, 1.165) is 11.3 Å². The largest absolute Gasteiger partial charge is 0.497 e. The summed E-state index contributed by atoms with van der Waals surface area (Å²) in [7, 11) is 4.44. The molecule has 0 spiro atoms. The van der Waals surface area contributed by atoms with Crippen LogP contribution in [0.2, 0.25) is 0 Å². The van der Waals surface area contributed by atoms with Crippen LogP contribution in [0.1, 0.15) is 31.2 Å². The number of benzene rings is 2. The molecule has 3 heterocycles. The number of ether oxygens (including phenoxy) is 4. The van der Waals surface area contributed by atoms with Gasteiger partial charge in [0.1, 0.15) is 34.8 Å². The third-order valence-corrected chi connectivity index (χ3v) is 7.80. The van der Waals surface area contributed by atoms with Gasteiger partial charge in [-0.2, -0.15) is 0 Å². The van der Waals surface area contributed by atoms with Crippen LogP contribution in [0.3, 0.4) is 0 Å². The lowest BCUT2D eigenvalue weighted by Crippen LogP contribution is -2.40. The second-order valence-electron chi connectivity index (χ2n) is 9.25. The predicted octanol–water partition coefficient (Wildman–Crippen LogP) is 3.99. The molecule has 1 atom stereocenters. The number of aromatic nitrogens is 1. The third kappa shape index (κ3) is 5.42. The van der Waals surface area contributed by atoms with Gasteiger partial charge < -0.3 is 23.4 Å². The molecule has 0 bridgehead atoms. The van der Waals surface area contributed by atoms with Gasteiger partial charge >= 0.3 is 5.97 Å². The average Bonchev–Trinajstić information content (AvgIpc) is 3.59. The summed E-state index contributed by atoms with van der Waals surface area (Å²) in [5, 5.41) is 11.7. The van der Waals surface area contributed by atoms with E-state index in [9.17, 15) is 19.7 Å². The Kier molecular flexibility index (Phi) is 8.17. The van der Waals surface area contributed by atoms with Crippen LogP contribution in [-0.2, 0) is 9.53 Å². The second kappa shape index (κ2) is 12.0. The van der Waals surface area contributed by atoms with E-state index in [1.807, 2.05) is 0 Å². The van der Waals surface area contributed by atoms with E-state index in [0.29, 0.717) is 39.1 Å². The minimum absolute atomic E-state index is 0.139. The van der Waals surface area contributed by atoms with Crippen molar-refractivity contribution in [3.05, 3.63) is 101 Å². The van der Waals surface area contributed by atoms with Crippen molar-refractivity contribution in [2.75, 3.05) is 27.9 Å². The monoisotopic (exact) mass is 605 g/mol. The van der Waals surface area contributed by atoms with Crippen LogP contribution >= 0.6 is 11.3 Å². The Labute approximate surface area is 248 Å². The number of thiazole rings is 1. The zero-order chi connectivity index (χ0) is 30.8. The third-order valence-electron chi connectivity index (χ3n) is 6.82. The number of carbonyl (C=O) groups is 1. The van der Waals surface area contributed by atoms with Gasteiger partial charge in [0.2, 0.25) is 0 Å². The van der Waals surface area contributed by atoms with E-state index in [1.54, 1.807) is 50.2 Å². The van der Waals surface area contributed by atoms with Crippen molar-refractivity contribution < 1.29 is 33.1 Å². The van der Waals surface area contributed by atoms with Gasteiger partial charge in [0.25, 0.3) is 11.2 Å². The number of rotatable bonds is 9. The van der Waals surface area contributed by atoms with Gasteiger partial charge in [-0.25, -0.2) is 9.79 Å². The average molecular weight is 606 g/mol. The second-order valence-corrected chi connectivity index (χ2v) is 10.3. The van der Waals surface area contributed by atoms with Crippen LogP contribution in [-0.4, -0.2) is 43.4 Å². The standard InChI is InChI=1S/C30H27N3O9S/c1-6-41-29(35)26-16(2)31-30-32(27(26)21-11-8-18(39-4)14-24(21)40-5)28(34)25(43-30)15-19-9-12-23(42-19)20-10-7-17(38-3)13-22(20)33(36)37/h7-15,27H,6H2,1-5H3/b25-15-/t27-/m0/s1. The van der Waals surface area contributed by atoms with E-state index in [1.165, 1.54) is 44.1 Å². The highest BCUT2D eigenvalue weighted by Crippen LogP contribution is 2.38. The number of hydrogen-bond acceptors (Lipinski definition) is 11. The van der Waals surface area contributed by atoms with Crippen molar-refractivity contribution >= 4 is 29.1 Å². The Morgan fingerprint density at radius 2 is 1.81 bits per heavy atom. The molecule has 1 aliphatic rings.